The third kappa shape index (κ3) is 4.20. The Morgan fingerprint density at radius 3 is 2.80 bits per heavy atom. The molecule has 6 nitrogen and oxygen atoms in total. The third-order valence-corrected chi connectivity index (χ3v) is 4.59. The zero-order valence-corrected chi connectivity index (χ0v) is 15.0. The van der Waals surface area contributed by atoms with Crippen molar-refractivity contribution in [2.45, 2.75) is 39.3 Å². The van der Waals surface area contributed by atoms with Crippen LogP contribution in [0.5, 0.6) is 0 Å². The summed E-state index contributed by atoms with van der Waals surface area (Å²) in [6.45, 7) is 7.46. The van der Waals surface area contributed by atoms with Crippen molar-refractivity contribution in [1.82, 2.24) is 15.4 Å². The van der Waals surface area contributed by atoms with Gasteiger partial charge in [-0.05, 0) is 26.3 Å². The number of nitrogens with zero attached hydrogens (tertiary/aromatic N) is 2. The Morgan fingerprint density at radius 1 is 1.36 bits per heavy atom. The van der Waals surface area contributed by atoms with Crippen LogP contribution in [0.4, 0.5) is 4.79 Å². The summed E-state index contributed by atoms with van der Waals surface area (Å²) < 4.78 is 11.0. The molecule has 1 aromatic heterocycles. The normalized spacial score (nSPS) is 18.8. The molecule has 1 N–H and O–H groups in total. The molecule has 2 unspecified atom stereocenters. The highest BCUT2D eigenvalue weighted by atomic mass is 16.5. The lowest BCUT2D eigenvalue weighted by atomic mass is 10.1. The van der Waals surface area contributed by atoms with Crippen LogP contribution < -0.4 is 5.32 Å². The number of benzene rings is 1. The number of hydrogen-bond acceptors (Lipinski definition) is 4. The summed E-state index contributed by atoms with van der Waals surface area (Å²) in [5.74, 6) is 0.745. The fourth-order valence-electron chi connectivity index (χ4n) is 3.36. The number of aromatic nitrogens is 1. The minimum Gasteiger partial charge on any atom is -0.374 e. The summed E-state index contributed by atoms with van der Waals surface area (Å²) in [6.07, 6.45) is 0.834. The Kier molecular flexibility index (Phi) is 5.38. The van der Waals surface area contributed by atoms with Crippen molar-refractivity contribution < 1.29 is 14.1 Å². The Bertz CT molecular complexity index is 694. The van der Waals surface area contributed by atoms with Gasteiger partial charge in [0.25, 0.3) is 0 Å². The van der Waals surface area contributed by atoms with E-state index in [0.29, 0.717) is 19.7 Å². The van der Waals surface area contributed by atoms with Crippen LogP contribution in [0.3, 0.4) is 0 Å². The van der Waals surface area contributed by atoms with Crippen LogP contribution in [-0.2, 0) is 11.2 Å². The molecule has 0 spiro atoms. The maximum absolute atomic E-state index is 12.6. The fourth-order valence-corrected chi connectivity index (χ4v) is 3.36. The van der Waals surface area contributed by atoms with Crippen LogP contribution in [0.1, 0.15) is 35.5 Å². The molecule has 2 aromatic rings. The summed E-state index contributed by atoms with van der Waals surface area (Å²) in [5, 5.41) is 7.01. The monoisotopic (exact) mass is 343 g/mol. The molecule has 2 amide bonds. The van der Waals surface area contributed by atoms with Gasteiger partial charge in [0.05, 0.1) is 24.4 Å². The highest BCUT2D eigenvalue weighted by Gasteiger charge is 2.26. The summed E-state index contributed by atoms with van der Waals surface area (Å²) in [4.78, 5) is 14.5. The predicted octanol–water partition coefficient (Wildman–Crippen LogP) is 3.01. The molecule has 6 heteroatoms. The highest BCUT2D eigenvalue weighted by Crippen LogP contribution is 2.21. The molecule has 1 saturated heterocycles. The number of carbonyl (C=O) groups is 1. The van der Waals surface area contributed by atoms with Crippen LogP contribution in [0.2, 0.25) is 0 Å². The van der Waals surface area contributed by atoms with Crippen LogP contribution in [0.15, 0.2) is 34.9 Å². The van der Waals surface area contributed by atoms with Gasteiger partial charge in [-0.15, -0.1) is 0 Å². The average molecular weight is 343 g/mol. The van der Waals surface area contributed by atoms with E-state index < -0.39 is 0 Å². The van der Waals surface area contributed by atoms with Crippen LogP contribution >= 0.6 is 0 Å². The molecule has 1 aliphatic heterocycles. The smallest absolute Gasteiger partial charge is 0.318 e. The van der Waals surface area contributed by atoms with Crippen molar-refractivity contribution in [1.29, 1.82) is 0 Å². The molecule has 134 valence electrons. The van der Waals surface area contributed by atoms with Gasteiger partial charge < -0.3 is 19.5 Å². The molecule has 1 aliphatic rings. The van der Waals surface area contributed by atoms with Gasteiger partial charge in [-0.1, -0.05) is 35.5 Å². The standard InChI is InChI=1S/C19H25N3O3/c1-13(18-14(2)21-25-15(18)3)20-19(23)22-9-10-24-17(12-22)11-16-7-5-4-6-8-16/h4-8,13,17H,9-12H2,1-3H3,(H,20,23). The zero-order chi connectivity index (χ0) is 17.8. The third-order valence-electron chi connectivity index (χ3n) is 4.59. The summed E-state index contributed by atoms with van der Waals surface area (Å²) in [7, 11) is 0. The first kappa shape index (κ1) is 17.5. The van der Waals surface area contributed by atoms with Crippen LogP contribution in [0, 0.1) is 13.8 Å². The molecule has 0 bridgehead atoms. The van der Waals surface area contributed by atoms with Crippen molar-refractivity contribution >= 4 is 6.03 Å². The van der Waals surface area contributed by atoms with Gasteiger partial charge in [-0.3, -0.25) is 0 Å². The Morgan fingerprint density at radius 2 is 2.12 bits per heavy atom. The first-order valence-electron chi connectivity index (χ1n) is 8.68. The molecule has 1 fully saturated rings. The zero-order valence-electron chi connectivity index (χ0n) is 15.0. The molecule has 2 heterocycles. The maximum atomic E-state index is 12.6. The molecular formula is C19H25N3O3. The number of hydrogen-bond donors (Lipinski definition) is 1. The average Bonchev–Trinajstić information content (AvgIpc) is 2.94. The first-order valence-corrected chi connectivity index (χ1v) is 8.68. The summed E-state index contributed by atoms with van der Waals surface area (Å²) in [5.41, 5.74) is 2.98. The minimum atomic E-state index is -0.144. The van der Waals surface area contributed by atoms with Crippen molar-refractivity contribution in [3.8, 4) is 0 Å². The van der Waals surface area contributed by atoms with Gasteiger partial charge in [0.2, 0.25) is 0 Å². The lowest BCUT2D eigenvalue weighted by Gasteiger charge is -2.33. The van der Waals surface area contributed by atoms with E-state index in [9.17, 15) is 4.79 Å². The molecule has 0 aliphatic carbocycles. The van der Waals surface area contributed by atoms with Crippen LogP contribution in [0.25, 0.3) is 0 Å². The van der Waals surface area contributed by atoms with E-state index in [-0.39, 0.29) is 18.2 Å². The number of aryl methyl sites for hydroxylation is 2. The second-order valence-corrected chi connectivity index (χ2v) is 6.54. The molecule has 2 atom stereocenters. The summed E-state index contributed by atoms with van der Waals surface area (Å²) in [6, 6.07) is 10.00. The van der Waals surface area contributed by atoms with Crippen molar-refractivity contribution in [3.05, 3.63) is 52.9 Å². The first-order chi connectivity index (χ1) is 12.0. The van der Waals surface area contributed by atoms with Gasteiger partial charge in [0.15, 0.2) is 0 Å². The van der Waals surface area contributed by atoms with E-state index >= 15 is 0 Å². The second-order valence-electron chi connectivity index (χ2n) is 6.54. The molecule has 0 saturated carbocycles. The Hall–Kier alpha value is -2.34. The SMILES string of the molecule is Cc1noc(C)c1C(C)NC(=O)N1CCOC(Cc2ccccc2)C1. The molecule has 3 rings (SSSR count). The van der Waals surface area contributed by atoms with Crippen molar-refractivity contribution in [2.24, 2.45) is 0 Å². The van der Waals surface area contributed by atoms with Crippen molar-refractivity contribution in [3.63, 3.8) is 0 Å². The number of rotatable bonds is 4. The number of amides is 2. The summed E-state index contributed by atoms with van der Waals surface area (Å²) >= 11 is 0. The highest BCUT2D eigenvalue weighted by molar-refractivity contribution is 5.75. The van der Waals surface area contributed by atoms with E-state index in [1.807, 2.05) is 43.9 Å². The Balaban J connectivity index is 1.58. The molecular weight excluding hydrogens is 318 g/mol. The van der Waals surface area contributed by atoms with E-state index in [4.69, 9.17) is 9.26 Å². The number of carbonyl (C=O) groups excluding carboxylic acids is 1. The van der Waals surface area contributed by atoms with Crippen molar-refractivity contribution in [2.75, 3.05) is 19.7 Å². The molecule has 0 radical (unpaired) electrons. The quantitative estimate of drug-likeness (QED) is 0.927. The fraction of sp³-hybridized carbons (Fsp3) is 0.474. The molecule has 1 aromatic carbocycles. The number of nitrogens with one attached hydrogen (secondary N) is 1. The lowest BCUT2D eigenvalue weighted by Crippen LogP contribution is -2.50. The van der Waals surface area contributed by atoms with Gasteiger partial charge in [-0.2, -0.15) is 0 Å². The predicted molar refractivity (Wildman–Crippen MR) is 94.4 cm³/mol. The van der Waals surface area contributed by atoms with E-state index in [1.54, 1.807) is 0 Å². The largest absolute Gasteiger partial charge is 0.374 e. The van der Waals surface area contributed by atoms with E-state index in [0.717, 1.165) is 23.4 Å². The Labute approximate surface area is 148 Å². The van der Waals surface area contributed by atoms with Gasteiger partial charge >= 0.3 is 6.03 Å². The topological polar surface area (TPSA) is 67.6 Å². The van der Waals surface area contributed by atoms with Crippen LogP contribution in [-0.4, -0.2) is 41.9 Å². The van der Waals surface area contributed by atoms with Gasteiger partial charge in [0.1, 0.15) is 5.76 Å². The number of ether oxygens (including phenoxy) is 1. The van der Waals surface area contributed by atoms with Gasteiger partial charge in [-0.25, -0.2) is 4.79 Å². The number of morpholine rings is 1. The van der Waals surface area contributed by atoms with Gasteiger partial charge in [0, 0.05) is 25.1 Å². The minimum absolute atomic E-state index is 0.0243. The molecule has 25 heavy (non-hydrogen) atoms. The maximum Gasteiger partial charge on any atom is 0.318 e. The second kappa shape index (κ2) is 7.70. The van der Waals surface area contributed by atoms with E-state index in [1.165, 1.54) is 5.56 Å². The van der Waals surface area contributed by atoms with E-state index in [2.05, 4.69) is 22.6 Å². The number of urea groups is 1. The lowest BCUT2D eigenvalue weighted by molar-refractivity contribution is -0.0135.